The highest BCUT2D eigenvalue weighted by Gasteiger charge is 2.46. The molecular weight excluding hydrogens is 496 g/mol. The van der Waals surface area contributed by atoms with E-state index in [1.165, 1.54) is 0 Å². The first-order valence-electron chi connectivity index (χ1n) is 13.3. The fraction of sp³-hybridized carbons (Fsp3) is 0.367. The molecule has 1 unspecified atom stereocenters. The predicted octanol–water partition coefficient (Wildman–Crippen LogP) is 3.66. The molecule has 39 heavy (non-hydrogen) atoms. The second-order valence-corrected chi connectivity index (χ2v) is 9.90. The maximum atomic E-state index is 13.5. The van der Waals surface area contributed by atoms with Crippen molar-refractivity contribution in [2.24, 2.45) is 0 Å². The van der Waals surface area contributed by atoms with Gasteiger partial charge in [0, 0.05) is 32.4 Å². The number of aliphatic hydroxyl groups excluding tert-OH is 1. The zero-order chi connectivity index (χ0) is 27.5. The Bertz CT molecular complexity index is 1440. The van der Waals surface area contributed by atoms with E-state index < -0.39 is 17.7 Å². The highest BCUT2D eigenvalue weighted by molar-refractivity contribution is 6.46. The maximum absolute atomic E-state index is 13.5. The van der Waals surface area contributed by atoms with Crippen molar-refractivity contribution in [3.05, 3.63) is 83.3 Å². The number of benzene rings is 1. The lowest BCUT2D eigenvalue weighted by Gasteiger charge is -2.29. The van der Waals surface area contributed by atoms with E-state index in [4.69, 9.17) is 9.47 Å². The molecule has 0 radical (unpaired) electrons. The van der Waals surface area contributed by atoms with Gasteiger partial charge in [-0.15, -0.1) is 0 Å². The minimum Gasteiger partial charge on any atom is -0.505 e. The van der Waals surface area contributed by atoms with Crippen LogP contribution in [0.5, 0.6) is 5.75 Å². The predicted molar refractivity (Wildman–Crippen MR) is 148 cm³/mol. The van der Waals surface area contributed by atoms with Gasteiger partial charge in [0.15, 0.2) is 5.76 Å². The molecule has 1 atom stereocenters. The van der Waals surface area contributed by atoms with Gasteiger partial charge in [-0.25, -0.2) is 4.98 Å². The molecule has 9 heteroatoms. The highest BCUT2D eigenvalue weighted by atomic mass is 16.5. The topological polar surface area (TPSA) is 96.6 Å². The third kappa shape index (κ3) is 5.20. The molecule has 9 nitrogen and oxygen atoms in total. The molecule has 0 bridgehead atoms. The Balaban J connectivity index is 1.56. The molecule has 3 aromatic rings. The molecule has 1 N–H and O–H groups in total. The van der Waals surface area contributed by atoms with Crippen molar-refractivity contribution in [1.29, 1.82) is 0 Å². The molecule has 0 saturated carbocycles. The van der Waals surface area contributed by atoms with E-state index in [1.807, 2.05) is 60.8 Å². The molecule has 0 spiro atoms. The number of imidazole rings is 1. The molecule has 1 aromatic carbocycles. The summed E-state index contributed by atoms with van der Waals surface area (Å²) >= 11 is 0. The van der Waals surface area contributed by atoms with E-state index in [0.29, 0.717) is 61.1 Å². The Kier molecular flexibility index (Phi) is 7.81. The first-order valence-corrected chi connectivity index (χ1v) is 13.3. The molecule has 2 aliphatic heterocycles. The molecular formula is C30H34N4O5. The Morgan fingerprint density at radius 1 is 1.18 bits per heavy atom. The van der Waals surface area contributed by atoms with Gasteiger partial charge < -0.3 is 23.9 Å². The fourth-order valence-corrected chi connectivity index (χ4v) is 5.35. The molecule has 2 fully saturated rings. The summed E-state index contributed by atoms with van der Waals surface area (Å²) in [5.74, 6) is -1.02. The maximum Gasteiger partial charge on any atom is 0.295 e. The number of carbonyl (C=O) groups excluding carboxylic acids is 2. The van der Waals surface area contributed by atoms with Crippen molar-refractivity contribution in [1.82, 2.24) is 19.2 Å². The first-order chi connectivity index (χ1) is 18.9. The fourth-order valence-electron chi connectivity index (χ4n) is 5.35. The van der Waals surface area contributed by atoms with Gasteiger partial charge in [0.05, 0.1) is 30.5 Å². The molecule has 2 saturated heterocycles. The van der Waals surface area contributed by atoms with Gasteiger partial charge in [0.25, 0.3) is 11.7 Å². The average molecular weight is 531 g/mol. The third-order valence-corrected chi connectivity index (χ3v) is 7.37. The molecule has 5 rings (SSSR count). The molecule has 4 heterocycles. The van der Waals surface area contributed by atoms with Gasteiger partial charge in [0.1, 0.15) is 23.7 Å². The van der Waals surface area contributed by atoms with Crippen LogP contribution in [0.25, 0.3) is 11.4 Å². The summed E-state index contributed by atoms with van der Waals surface area (Å²) in [6.07, 6.45) is 4.20. The molecule has 2 aliphatic rings. The summed E-state index contributed by atoms with van der Waals surface area (Å²) in [6, 6.07) is 10.4. The van der Waals surface area contributed by atoms with Crippen LogP contribution in [0.3, 0.4) is 0 Å². The number of ketones is 1. The largest absolute Gasteiger partial charge is 0.505 e. The van der Waals surface area contributed by atoms with Crippen LogP contribution in [0.4, 0.5) is 0 Å². The van der Waals surface area contributed by atoms with Crippen molar-refractivity contribution < 1.29 is 24.2 Å². The summed E-state index contributed by atoms with van der Waals surface area (Å²) in [5.41, 5.74) is 3.32. The van der Waals surface area contributed by atoms with Crippen LogP contribution >= 0.6 is 0 Å². The van der Waals surface area contributed by atoms with Gasteiger partial charge in [-0.3, -0.25) is 14.5 Å². The number of aryl methyl sites for hydroxylation is 2. The van der Waals surface area contributed by atoms with E-state index in [-0.39, 0.29) is 11.3 Å². The van der Waals surface area contributed by atoms with Crippen LogP contribution in [0.15, 0.2) is 60.8 Å². The second-order valence-electron chi connectivity index (χ2n) is 9.90. The SMILES string of the molecule is C=CCOc1cccc(C2C(=C(O)c3nc4c(C)cccn4c3C)C(=O)C(=O)N2CCCN2CCOCC2)c1. The van der Waals surface area contributed by atoms with Crippen molar-refractivity contribution in [3.63, 3.8) is 0 Å². The number of hydrogen-bond donors (Lipinski definition) is 1. The zero-order valence-electron chi connectivity index (χ0n) is 22.4. The Hall–Kier alpha value is -3.95. The van der Waals surface area contributed by atoms with E-state index in [1.54, 1.807) is 11.0 Å². The molecule has 0 aliphatic carbocycles. The lowest BCUT2D eigenvalue weighted by atomic mass is 9.96. The number of aliphatic hydroxyl groups is 1. The van der Waals surface area contributed by atoms with Crippen LogP contribution in [0.2, 0.25) is 0 Å². The Labute approximate surface area is 228 Å². The number of fused-ring (bicyclic) bond motifs is 1. The number of morpholine rings is 1. The normalized spacial score (nSPS) is 19.6. The highest BCUT2D eigenvalue weighted by Crippen LogP contribution is 2.40. The van der Waals surface area contributed by atoms with Gasteiger partial charge in [-0.05, 0) is 49.6 Å². The van der Waals surface area contributed by atoms with Crippen LogP contribution in [-0.4, -0.2) is 82.0 Å². The lowest BCUT2D eigenvalue weighted by molar-refractivity contribution is -0.140. The Morgan fingerprint density at radius 2 is 1.97 bits per heavy atom. The number of nitrogens with zero attached hydrogens (tertiary/aromatic N) is 4. The minimum atomic E-state index is -0.771. The number of Topliss-reactive ketones (excluding diaryl/α,β-unsaturated/α-hetero) is 1. The van der Waals surface area contributed by atoms with Crippen molar-refractivity contribution in [2.75, 3.05) is 46.0 Å². The second kappa shape index (κ2) is 11.4. The molecule has 204 valence electrons. The average Bonchev–Trinajstić information content (AvgIpc) is 3.42. The summed E-state index contributed by atoms with van der Waals surface area (Å²) in [5, 5.41) is 11.6. The third-order valence-electron chi connectivity index (χ3n) is 7.37. The molecule has 1 amide bonds. The Morgan fingerprint density at radius 3 is 2.72 bits per heavy atom. The summed E-state index contributed by atoms with van der Waals surface area (Å²) in [7, 11) is 0. The van der Waals surface area contributed by atoms with Crippen LogP contribution < -0.4 is 4.74 Å². The van der Waals surface area contributed by atoms with E-state index in [0.717, 1.165) is 25.2 Å². The minimum absolute atomic E-state index is 0.0383. The van der Waals surface area contributed by atoms with Crippen molar-refractivity contribution in [2.45, 2.75) is 26.3 Å². The van der Waals surface area contributed by atoms with E-state index in [9.17, 15) is 14.7 Å². The van der Waals surface area contributed by atoms with E-state index in [2.05, 4.69) is 16.5 Å². The number of carbonyl (C=O) groups is 2. The van der Waals surface area contributed by atoms with Crippen molar-refractivity contribution in [3.8, 4) is 5.75 Å². The summed E-state index contributed by atoms with van der Waals surface area (Å²) in [6.45, 7) is 12.0. The summed E-state index contributed by atoms with van der Waals surface area (Å²) < 4.78 is 13.1. The van der Waals surface area contributed by atoms with Crippen LogP contribution in [0, 0.1) is 13.8 Å². The number of amides is 1. The number of hydrogen-bond acceptors (Lipinski definition) is 7. The van der Waals surface area contributed by atoms with Crippen LogP contribution in [0.1, 0.15) is 35.0 Å². The number of ether oxygens (including phenoxy) is 2. The van der Waals surface area contributed by atoms with Crippen LogP contribution in [-0.2, 0) is 14.3 Å². The first kappa shape index (κ1) is 26.6. The smallest absolute Gasteiger partial charge is 0.295 e. The summed E-state index contributed by atoms with van der Waals surface area (Å²) in [4.78, 5) is 35.5. The lowest BCUT2D eigenvalue weighted by Crippen LogP contribution is -2.38. The van der Waals surface area contributed by atoms with E-state index >= 15 is 0 Å². The standard InChI is InChI=1S/C30H34N4O5/c1-4-16-39-23-10-5-9-22(19-23)26-24(27(35)25-21(3)33-12-6-8-20(2)29(33)31-25)28(36)30(37)34(26)13-7-11-32-14-17-38-18-15-32/h4-6,8-10,12,19,26,35H,1,7,11,13-18H2,2-3H3. The van der Waals surface area contributed by atoms with Crippen molar-refractivity contribution >= 4 is 23.1 Å². The van der Waals surface area contributed by atoms with Gasteiger partial charge >= 0.3 is 0 Å². The number of likely N-dealkylation sites (tertiary alicyclic amines) is 1. The van der Waals surface area contributed by atoms with Gasteiger partial charge in [-0.1, -0.05) is 30.9 Å². The number of pyridine rings is 1. The number of rotatable bonds is 9. The zero-order valence-corrected chi connectivity index (χ0v) is 22.4. The van der Waals surface area contributed by atoms with Gasteiger partial charge in [-0.2, -0.15) is 0 Å². The quantitative estimate of drug-likeness (QED) is 0.195. The number of aromatic nitrogens is 2. The van der Waals surface area contributed by atoms with Gasteiger partial charge in [0.2, 0.25) is 0 Å². The monoisotopic (exact) mass is 530 g/mol. The molecule has 2 aromatic heterocycles.